The van der Waals surface area contributed by atoms with Gasteiger partial charge < -0.3 is 14.8 Å². The molecule has 1 N–H and O–H groups in total. The maximum atomic E-state index is 11.5. The summed E-state index contributed by atoms with van der Waals surface area (Å²) < 4.78 is 10.6. The monoisotopic (exact) mass is 251 g/mol. The summed E-state index contributed by atoms with van der Waals surface area (Å²) in [4.78, 5) is 11.5. The molecule has 0 aromatic heterocycles. The predicted molar refractivity (Wildman–Crippen MR) is 71.0 cm³/mol. The van der Waals surface area contributed by atoms with E-state index in [1.807, 2.05) is 26.0 Å². The van der Waals surface area contributed by atoms with E-state index in [1.54, 1.807) is 14.2 Å². The van der Waals surface area contributed by atoms with Crippen molar-refractivity contribution in [1.82, 2.24) is 5.32 Å². The maximum Gasteiger partial charge on any atom is 0.220 e. The second-order valence-corrected chi connectivity index (χ2v) is 4.16. The molecule has 0 aliphatic carbocycles. The van der Waals surface area contributed by atoms with Crippen LogP contribution in [0.25, 0.3) is 0 Å². The first-order valence-electron chi connectivity index (χ1n) is 6.10. The minimum absolute atomic E-state index is 0.0547. The molecular weight excluding hydrogens is 230 g/mol. The van der Waals surface area contributed by atoms with E-state index in [-0.39, 0.29) is 5.91 Å². The Balaban J connectivity index is 2.83. The highest BCUT2D eigenvalue weighted by Gasteiger charge is 2.09. The van der Waals surface area contributed by atoms with Gasteiger partial charge in [0.15, 0.2) is 0 Å². The van der Waals surface area contributed by atoms with Crippen molar-refractivity contribution in [2.45, 2.75) is 33.2 Å². The third kappa shape index (κ3) is 3.65. The average Bonchev–Trinajstić information content (AvgIpc) is 2.37. The number of methoxy groups -OCH3 is 2. The Bertz CT molecular complexity index is 416. The van der Waals surface area contributed by atoms with E-state index in [9.17, 15) is 4.79 Å². The number of carbonyl (C=O) groups excluding carboxylic acids is 1. The quantitative estimate of drug-likeness (QED) is 0.844. The normalized spacial score (nSPS) is 10.0. The lowest BCUT2D eigenvalue weighted by atomic mass is 10.1. The van der Waals surface area contributed by atoms with Gasteiger partial charge in [-0.25, -0.2) is 0 Å². The van der Waals surface area contributed by atoms with Gasteiger partial charge in [-0.2, -0.15) is 0 Å². The number of hydrogen-bond acceptors (Lipinski definition) is 3. The van der Waals surface area contributed by atoms with Crippen LogP contribution in [0.5, 0.6) is 11.5 Å². The molecule has 1 amide bonds. The molecule has 0 spiro atoms. The first kappa shape index (κ1) is 14.4. The molecule has 0 fully saturated rings. The fraction of sp³-hybridized carbons (Fsp3) is 0.500. The van der Waals surface area contributed by atoms with Crippen LogP contribution in [0.4, 0.5) is 0 Å². The van der Waals surface area contributed by atoms with Crippen molar-refractivity contribution < 1.29 is 14.3 Å². The number of carbonyl (C=O) groups is 1. The molecule has 0 atom stereocenters. The van der Waals surface area contributed by atoms with Gasteiger partial charge in [-0.3, -0.25) is 4.79 Å². The summed E-state index contributed by atoms with van der Waals surface area (Å²) in [5.74, 6) is 1.62. The van der Waals surface area contributed by atoms with Gasteiger partial charge in [0, 0.05) is 18.5 Å². The van der Waals surface area contributed by atoms with Crippen molar-refractivity contribution in [2.75, 3.05) is 14.2 Å². The predicted octanol–water partition coefficient (Wildman–Crippen LogP) is 2.43. The molecule has 1 rings (SSSR count). The summed E-state index contributed by atoms with van der Waals surface area (Å²) >= 11 is 0. The summed E-state index contributed by atoms with van der Waals surface area (Å²) in [6, 6.07) is 3.82. The van der Waals surface area contributed by atoms with Crippen molar-refractivity contribution in [3.8, 4) is 11.5 Å². The highest BCUT2D eigenvalue weighted by atomic mass is 16.5. The van der Waals surface area contributed by atoms with Crippen LogP contribution in [0, 0.1) is 6.92 Å². The standard InChI is InChI=1S/C14H21NO3/c1-5-6-14(16)15-9-11-8-12(17-3)10(2)7-13(11)18-4/h7-8H,5-6,9H2,1-4H3,(H,15,16). The van der Waals surface area contributed by atoms with E-state index in [0.717, 1.165) is 29.0 Å². The average molecular weight is 251 g/mol. The number of nitrogens with one attached hydrogen (secondary N) is 1. The van der Waals surface area contributed by atoms with E-state index < -0.39 is 0 Å². The number of amides is 1. The molecule has 1 aromatic carbocycles. The molecule has 0 heterocycles. The Morgan fingerprint density at radius 1 is 1.22 bits per heavy atom. The summed E-state index contributed by atoms with van der Waals surface area (Å²) in [6.07, 6.45) is 1.39. The fourth-order valence-electron chi connectivity index (χ4n) is 1.76. The van der Waals surface area contributed by atoms with Crippen LogP contribution >= 0.6 is 0 Å². The smallest absolute Gasteiger partial charge is 0.220 e. The maximum absolute atomic E-state index is 11.5. The highest BCUT2D eigenvalue weighted by Crippen LogP contribution is 2.28. The van der Waals surface area contributed by atoms with Gasteiger partial charge in [-0.05, 0) is 31.0 Å². The largest absolute Gasteiger partial charge is 0.496 e. The third-order valence-corrected chi connectivity index (χ3v) is 2.75. The number of aryl methyl sites for hydroxylation is 1. The van der Waals surface area contributed by atoms with Crippen LogP contribution < -0.4 is 14.8 Å². The Hall–Kier alpha value is -1.71. The Morgan fingerprint density at radius 3 is 2.44 bits per heavy atom. The van der Waals surface area contributed by atoms with Crippen molar-refractivity contribution in [2.24, 2.45) is 0 Å². The molecule has 18 heavy (non-hydrogen) atoms. The van der Waals surface area contributed by atoms with Gasteiger partial charge in [0.25, 0.3) is 0 Å². The molecule has 100 valence electrons. The molecule has 0 saturated heterocycles. The number of benzene rings is 1. The summed E-state index contributed by atoms with van der Waals surface area (Å²) in [6.45, 7) is 4.40. The van der Waals surface area contributed by atoms with E-state index in [1.165, 1.54) is 0 Å². The van der Waals surface area contributed by atoms with E-state index in [4.69, 9.17) is 9.47 Å². The van der Waals surface area contributed by atoms with Crippen molar-refractivity contribution in [3.05, 3.63) is 23.3 Å². The Kier molecular flexibility index (Phi) is 5.49. The van der Waals surface area contributed by atoms with Crippen LogP contribution in [0.1, 0.15) is 30.9 Å². The molecule has 0 unspecified atom stereocenters. The van der Waals surface area contributed by atoms with Crippen molar-refractivity contribution in [1.29, 1.82) is 0 Å². The molecule has 0 bridgehead atoms. The van der Waals surface area contributed by atoms with Crippen LogP contribution in [0.3, 0.4) is 0 Å². The SMILES string of the molecule is CCCC(=O)NCc1cc(OC)c(C)cc1OC. The van der Waals surface area contributed by atoms with Crippen molar-refractivity contribution >= 4 is 5.91 Å². The minimum Gasteiger partial charge on any atom is -0.496 e. The molecular formula is C14H21NO3. The lowest BCUT2D eigenvalue weighted by molar-refractivity contribution is -0.121. The van der Waals surface area contributed by atoms with Gasteiger partial charge >= 0.3 is 0 Å². The Morgan fingerprint density at radius 2 is 1.89 bits per heavy atom. The fourth-order valence-corrected chi connectivity index (χ4v) is 1.76. The number of ether oxygens (including phenoxy) is 2. The van der Waals surface area contributed by atoms with E-state index in [0.29, 0.717) is 13.0 Å². The van der Waals surface area contributed by atoms with E-state index in [2.05, 4.69) is 5.32 Å². The molecule has 0 saturated carbocycles. The zero-order valence-electron chi connectivity index (χ0n) is 11.5. The molecule has 4 nitrogen and oxygen atoms in total. The lowest BCUT2D eigenvalue weighted by Gasteiger charge is -2.13. The zero-order chi connectivity index (χ0) is 13.5. The van der Waals surface area contributed by atoms with Gasteiger partial charge in [0.1, 0.15) is 11.5 Å². The summed E-state index contributed by atoms with van der Waals surface area (Å²) in [5.41, 5.74) is 1.93. The van der Waals surface area contributed by atoms with Crippen molar-refractivity contribution in [3.63, 3.8) is 0 Å². The van der Waals surface area contributed by atoms with Crippen LogP contribution in [-0.2, 0) is 11.3 Å². The summed E-state index contributed by atoms with van der Waals surface area (Å²) in [5, 5.41) is 2.87. The van der Waals surface area contributed by atoms with Gasteiger partial charge in [0.05, 0.1) is 14.2 Å². The molecule has 1 aromatic rings. The zero-order valence-corrected chi connectivity index (χ0v) is 11.5. The number of hydrogen-bond donors (Lipinski definition) is 1. The van der Waals surface area contributed by atoms with Gasteiger partial charge in [-0.1, -0.05) is 6.92 Å². The molecule has 0 aliphatic rings. The first-order chi connectivity index (χ1) is 8.62. The second-order valence-electron chi connectivity index (χ2n) is 4.16. The first-order valence-corrected chi connectivity index (χ1v) is 6.10. The van der Waals surface area contributed by atoms with Crippen LogP contribution in [0.15, 0.2) is 12.1 Å². The molecule has 0 radical (unpaired) electrons. The lowest BCUT2D eigenvalue weighted by Crippen LogP contribution is -2.22. The molecule has 4 heteroatoms. The Labute approximate surface area is 108 Å². The van der Waals surface area contributed by atoms with E-state index >= 15 is 0 Å². The van der Waals surface area contributed by atoms with Crippen LogP contribution in [0.2, 0.25) is 0 Å². The topological polar surface area (TPSA) is 47.6 Å². The molecule has 0 aliphatic heterocycles. The van der Waals surface area contributed by atoms with Gasteiger partial charge in [-0.15, -0.1) is 0 Å². The minimum atomic E-state index is 0.0547. The van der Waals surface area contributed by atoms with Gasteiger partial charge in [0.2, 0.25) is 5.91 Å². The second kappa shape index (κ2) is 6.89. The number of rotatable bonds is 6. The third-order valence-electron chi connectivity index (χ3n) is 2.75. The highest BCUT2D eigenvalue weighted by molar-refractivity contribution is 5.75. The summed E-state index contributed by atoms with van der Waals surface area (Å²) in [7, 11) is 3.26. The van der Waals surface area contributed by atoms with Crippen LogP contribution in [-0.4, -0.2) is 20.1 Å².